The summed E-state index contributed by atoms with van der Waals surface area (Å²) in [5.74, 6) is 0.718. The molecule has 0 saturated carbocycles. The molecule has 4 heteroatoms. The topological polar surface area (TPSA) is 29.5 Å². The molecule has 1 heterocycles. The normalized spacial score (nSPS) is 15.2. The second kappa shape index (κ2) is 3.03. The molecule has 0 aliphatic carbocycles. The number of halogens is 1. The van der Waals surface area contributed by atoms with Gasteiger partial charge in [0, 0.05) is 7.05 Å². The van der Waals surface area contributed by atoms with Crippen LogP contribution in [0.1, 0.15) is 0 Å². The van der Waals surface area contributed by atoms with Crippen LogP contribution < -0.4 is 9.64 Å². The van der Waals surface area contributed by atoms with Crippen molar-refractivity contribution in [1.29, 1.82) is 0 Å². The largest absolute Gasteiger partial charge is 0.480 e. The highest BCUT2D eigenvalue weighted by Crippen LogP contribution is 2.37. The van der Waals surface area contributed by atoms with Crippen LogP contribution in [0.4, 0.5) is 5.69 Å². The summed E-state index contributed by atoms with van der Waals surface area (Å²) < 4.78 is 6.18. The van der Waals surface area contributed by atoms with Gasteiger partial charge in [0.15, 0.2) is 12.4 Å². The Morgan fingerprint density at radius 2 is 2.31 bits per heavy atom. The lowest BCUT2D eigenvalue weighted by molar-refractivity contribution is -0.121. The molecule has 0 aromatic heterocycles. The number of anilines is 1. The summed E-state index contributed by atoms with van der Waals surface area (Å²) in [7, 11) is 1.75. The Morgan fingerprint density at radius 1 is 1.54 bits per heavy atom. The summed E-state index contributed by atoms with van der Waals surface area (Å²) in [5.41, 5.74) is 0.811. The van der Waals surface area contributed by atoms with Gasteiger partial charge in [-0.05, 0) is 28.1 Å². The zero-order valence-corrected chi connectivity index (χ0v) is 8.67. The minimum Gasteiger partial charge on any atom is -0.480 e. The van der Waals surface area contributed by atoms with E-state index in [4.69, 9.17) is 4.74 Å². The number of rotatable bonds is 0. The molecule has 68 valence electrons. The van der Waals surface area contributed by atoms with Crippen LogP contribution in [0.15, 0.2) is 22.7 Å². The first kappa shape index (κ1) is 8.56. The molecule has 13 heavy (non-hydrogen) atoms. The third kappa shape index (κ3) is 1.31. The Bertz CT molecular complexity index is 365. The van der Waals surface area contributed by atoms with E-state index in [0.29, 0.717) is 0 Å². The van der Waals surface area contributed by atoms with Gasteiger partial charge in [0.25, 0.3) is 5.91 Å². The number of hydrogen-bond donors (Lipinski definition) is 0. The molecule has 0 spiro atoms. The van der Waals surface area contributed by atoms with Crippen LogP contribution in [0.5, 0.6) is 5.75 Å². The summed E-state index contributed by atoms with van der Waals surface area (Å²) in [5, 5.41) is 0. The number of carbonyl (C=O) groups is 1. The van der Waals surface area contributed by atoms with Crippen LogP contribution in [-0.4, -0.2) is 19.6 Å². The maximum Gasteiger partial charge on any atom is 0.264 e. The van der Waals surface area contributed by atoms with Crippen molar-refractivity contribution in [3.8, 4) is 5.75 Å². The van der Waals surface area contributed by atoms with Crippen LogP contribution >= 0.6 is 15.9 Å². The van der Waals surface area contributed by atoms with Crippen LogP contribution in [0.2, 0.25) is 0 Å². The number of nitrogens with zero attached hydrogens (tertiary/aromatic N) is 1. The summed E-state index contributed by atoms with van der Waals surface area (Å²) in [4.78, 5) is 12.9. The molecule has 1 aliphatic rings. The van der Waals surface area contributed by atoms with Crippen LogP contribution in [-0.2, 0) is 4.79 Å². The summed E-state index contributed by atoms with van der Waals surface area (Å²) >= 11 is 3.37. The van der Waals surface area contributed by atoms with Crippen LogP contribution in [0.25, 0.3) is 0 Å². The van der Waals surface area contributed by atoms with Gasteiger partial charge in [0.2, 0.25) is 0 Å². The molecule has 0 bridgehead atoms. The number of ether oxygens (including phenoxy) is 1. The molecule has 3 nitrogen and oxygen atoms in total. The van der Waals surface area contributed by atoms with Crippen molar-refractivity contribution in [1.82, 2.24) is 0 Å². The van der Waals surface area contributed by atoms with Gasteiger partial charge in [-0.3, -0.25) is 4.79 Å². The predicted octanol–water partition coefficient (Wildman–Crippen LogP) is 1.80. The molecule has 0 fully saturated rings. The molecule has 1 amide bonds. The number of carbonyl (C=O) groups excluding carboxylic acids is 1. The van der Waals surface area contributed by atoms with E-state index in [0.717, 1.165) is 15.9 Å². The van der Waals surface area contributed by atoms with E-state index in [9.17, 15) is 4.79 Å². The van der Waals surface area contributed by atoms with Gasteiger partial charge in [0.1, 0.15) is 0 Å². The van der Waals surface area contributed by atoms with Gasteiger partial charge in [-0.15, -0.1) is 0 Å². The van der Waals surface area contributed by atoms with E-state index in [2.05, 4.69) is 15.9 Å². The Hall–Kier alpha value is -1.03. The van der Waals surface area contributed by atoms with Crippen molar-refractivity contribution in [2.24, 2.45) is 0 Å². The first-order valence-electron chi connectivity index (χ1n) is 3.88. The minimum absolute atomic E-state index is 0.0226. The number of likely N-dealkylation sites (N-methyl/N-ethyl adjacent to an activating group) is 1. The van der Waals surface area contributed by atoms with E-state index in [1.54, 1.807) is 11.9 Å². The summed E-state index contributed by atoms with van der Waals surface area (Å²) in [6.45, 7) is 0.117. The van der Waals surface area contributed by atoms with E-state index < -0.39 is 0 Å². The molecule has 2 rings (SSSR count). The molecule has 1 aromatic rings. The monoisotopic (exact) mass is 241 g/mol. The van der Waals surface area contributed by atoms with E-state index >= 15 is 0 Å². The second-order valence-corrected chi connectivity index (χ2v) is 3.68. The average molecular weight is 242 g/mol. The molecule has 0 saturated heterocycles. The smallest absolute Gasteiger partial charge is 0.264 e. The molecule has 0 N–H and O–H groups in total. The number of fused-ring (bicyclic) bond motifs is 1. The molecule has 0 unspecified atom stereocenters. The Morgan fingerprint density at radius 3 is 3.08 bits per heavy atom. The standard InChI is InChI=1S/C9H8BrNO2/c1-11-7-4-2-3-6(10)9(7)13-5-8(11)12/h2-4H,5H2,1H3. The van der Waals surface area contributed by atoms with Crippen LogP contribution in [0.3, 0.4) is 0 Å². The number of para-hydroxylation sites is 1. The highest BCUT2D eigenvalue weighted by Gasteiger charge is 2.23. The molecule has 0 atom stereocenters. The fraction of sp³-hybridized carbons (Fsp3) is 0.222. The van der Waals surface area contributed by atoms with E-state index in [1.807, 2.05) is 18.2 Å². The molecule has 1 aromatic carbocycles. The van der Waals surface area contributed by atoms with Gasteiger partial charge in [0.05, 0.1) is 10.2 Å². The van der Waals surface area contributed by atoms with E-state index in [1.165, 1.54) is 0 Å². The summed E-state index contributed by atoms with van der Waals surface area (Å²) in [6, 6.07) is 5.63. The van der Waals surface area contributed by atoms with Crippen molar-refractivity contribution in [2.45, 2.75) is 0 Å². The van der Waals surface area contributed by atoms with Crippen molar-refractivity contribution >= 4 is 27.5 Å². The van der Waals surface area contributed by atoms with Crippen molar-refractivity contribution in [3.05, 3.63) is 22.7 Å². The van der Waals surface area contributed by atoms with Gasteiger partial charge in [-0.2, -0.15) is 0 Å². The zero-order chi connectivity index (χ0) is 9.42. The van der Waals surface area contributed by atoms with Gasteiger partial charge in [-0.25, -0.2) is 0 Å². The van der Waals surface area contributed by atoms with Crippen molar-refractivity contribution in [3.63, 3.8) is 0 Å². The van der Waals surface area contributed by atoms with Crippen LogP contribution in [0, 0.1) is 0 Å². The number of benzene rings is 1. The average Bonchev–Trinajstić information content (AvgIpc) is 2.12. The predicted molar refractivity (Wildman–Crippen MR) is 53.0 cm³/mol. The SMILES string of the molecule is CN1C(=O)COc2c(Br)cccc21. The van der Waals surface area contributed by atoms with Gasteiger partial charge in [-0.1, -0.05) is 6.07 Å². The highest BCUT2D eigenvalue weighted by molar-refractivity contribution is 9.10. The third-order valence-corrected chi connectivity index (χ3v) is 2.65. The molecule has 1 aliphatic heterocycles. The quantitative estimate of drug-likeness (QED) is 0.694. The number of hydrogen-bond acceptors (Lipinski definition) is 2. The lowest BCUT2D eigenvalue weighted by Gasteiger charge is -2.26. The molecular formula is C9H8BrNO2. The lowest BCUT2D eigenvalue weighted by atomic mass is 10.2. The Labute approximate surface area is 84.4 Å². The highest BCUT2D eigenvalue weighted by atomic mass is 79.9. The molecule has 0 radical (unpaired) electrons. The van der Waals surface area contributed by atoms with Crippen molar-refractivity contribution < 1.29 is 9.53 Å². The maximum absolute atomic E-state index is 11.3. The van der Waals surface area contributed by atoms with Gasteiger partial charge < -0.3 is 9.64 Å². The number of amides is 1. The van der Waals surface area contributed by atoms with Crippen molar-refractivity contribution in [2.75, 3.05) is 18.6 Å². The first-order valence-corrected chi connectivity index (χ1v) is 4.67. The second-order valence-electron chi connectivity index (χ2n) is 2.83. The van der Waals surface area contributed by atoms with E-state index in [-0.39, 0.29) is 12.5 Å². The fourth-order valence-corrected chi connectivity index (χ4v) is 1.74. The zero-order valence-electron chi connectivity index (χ0n) is 7.08. The molecular weight excluding hydrogens is 234 g/mol. The minimum atomic E-state index is -0.0226. The van der Waals surface area contributed by atoms with Gasteiger partial charge >= 0.3 is 0 Å². The third-order valence-electron chi connectivity index (χ3n) is 2.02. The Balaban J connectivity index is 2.55. The summed E-state index contributed by atoms with van der Waals surface area (Å²) in [6.07, 6.45) is 0. The Kier molecular flexibility index (Phi) is 2.00. The lowest BCUT2D eigenvalue weighted by Crippen LogP contribution is -2.35. The first-order chi connectivity index (χ1) is 6.20. The maximum atomic E-state index is 11.3. The fourth-order valence-electron chi connectivity index (χ4n) is 1.27.